The summed E-state index contributed by atoms with van der Waals surface area (Å²) in [6, 6.07) is 7.50. The summed E-state index contributed by atoms with van der Waals surface area (Å²) in [6.07, 6.45) is 1.48. The van der Waals surface area contributed by atoms with Gasteiger partial charge in [-0.2, -0.15) is 4.98 Å². The molecule has 1 aromatic carbocycles. The van der Waals surface area contributed by atoms with Crippen LogP contribution >= 0.6 is 22.9 Å². The minimum atomic E-state index is -0.590. The fourth-order valence-electron chi connectivity index (χ4n) is 3.66. The number of nitrogens with one attached hydrogen (secondary N) is 2. The average molecular weight is 488 g/mol. The van der Waals surface area contributed by atoms with Crippen molar-refractivity contribution in [1.82, 2.24) is 20.3 Å². The van der Waals surface area contributed by atoms with Gasteiger partial charge in [0.15, 0.2) is 0 Å². The molecule has 1 atom stereocenters. The van der Waals surface area contributed by atoms with Crippen molar-refractivity contribution in [2.75, 3.05) is 25.1 Å². The van der Waals surface area contributed by atoms with E-state index in [0.29, 0.717) is 28.4 Å². The lowest BCUT2D eigenvalue weighted by molar-refractivity contribution is 0.0949. The number of carbonyl (C=O) groups excluding carboxylic acids is 1. The van der Waals surface area contributed by atoms with E-state index in [2.05, 4.69) is 25.6 Å². The number of pyridine rings is 1. The zero-order valence-corrected chi connectivity index (χ0v) is 19.1. The van der Waals surface area contributed by atoms with E-state index < -0.39 is 6.67 Å². The summed E-state index contributed by atoms with van der Waals surface area (Å²) in [5.41, 5.74) is 2.06. The fourth-order valence-corrected chi connectivity index (χ4v) is 4.88. The number of rotatable bonds is 6. The SMILES string of the molecule is C[C@@H]1CNc2c(sc3ccc4nc(Oc5nc(Cl)ncc5COCCF)ccc4c23)C(=O)N1. The highest BCUT2D eigenvalue weighted by molar-refractivity contribution is 7.21. The van der Waals surface area contributed by atoms with Gasteiger partial charge in [0.1, 0.15) is 11.6 Å². The Kier molecular flexibility index (Phi) is 5.96. The van der Waals surface area contributed by atoms with Crippen LogP contribution in [0.1, 0.15) is 22.2 Å². The number of anilines is 1. The van der Waals surface area contributed by atoms with Crippen molar-refractivity contribution in [3.05, 3.63) is 46.2 Å². The lowest BCUT2D eigenvalue weighted by Crippen LogP contribution is -2.34. The number of aromatic nitrogens is 3. The van der Waals surface area contributed by atoms with Crippen LogP contribution in [0.25, 0.3) is 21.0 Å². The standard InChI is InChI=1S/C22H19ClFN5O3S/c1-11-8-25-18-17-13-2-5-16(28-14(13)3-4-15(17)33-19(18)20(30)27-11)32-21-12(10-31-7-6-24)9-26-22(23)29-21/h2-5,9,11,25H,6-8,10H2,1H3,(H,27,30)/t11-/m1/s1. The zero-order chi connectivity index (χ0) is 22.9. The van der Waals surface area contributed by atoms with Gasteiger partial charge >= 0.3 is 0 Å². The fraction of sp³-hybridized carbons (Fsp3) is 0.273. The van der Waals surface area contributed by atoms with Crippen molar-refractivity contribution in [3.63, 3.8) is 0 Å². The maximum absolute atomic E-state index is 12.6. The molecule has 33 heavy (non-hydrogen) atoms. The van der Waals surface area contributed by atoms with Gasteiger partial charge in [-0.1, -0.05) is 0 Å². The van der Waals surface area contributed by atoms with Crippen LogP contribution in [-0.4, -0.2) is 46.7 Å². The molecule has 0 aliphatic carbocycles. The van der Waals surface area contributed by atoms with E-state index in [9.17, 15) is 9.18 Å². The monoisotopic (exact) mass is 487 g/mol. The number of benzene rings is 1. The number of thiophene rings is 1. The van der Waals surface area contributed by atoms with E-state index in [1.165, 1.54) is 17.5 Å². The molecule has 0 radical (unpaired) electrons. The van der Waals surface area contributed by atoms with Gasteiger partial charge in [-0.3, -0.25) is 4.79 Å². The van der Waals surface area contributed by atoms with Crippen molar-refractivity contribution in [3.8, 4) is 11.8 Å². The van der Waals surface area contributed by atoms with Crippen LogP contribution in [0.3, 0.4) is 0 Å². The summed E-state index contributed by atoms with van der Waals surface area (Å²) >= 11 is 7.39. The van der Waals surface area contributed by atoms with Gasteiger partial charge in [0.2, 0.25) is 17.0 Å². The smallest absolute Gasteiger partial charge is 0.263 e. The van der Waals surface area contributed by atoms with Gasteiger partial charge in [-0.05, 0) is 36.7 Å². The molecule has 4 aromatic rings. The highest BCUT2D eigenvalue weighted by Gasteiger charge is 2.25. The molecule has 3 aromatic heterocycles. The molecule has 0 saturated carbocycles. The van der Waals surface area contributed by atoms with Crippen LogP contribution in [0, 0.1) is 0 Å². The second-order valence-electron chi connectivity index (χ2n) is 7.53. The highest BCUT2D eigenvalue weighted by Crippen LogP contribution is 2.41. The summed E-state index contributed by atoms with van der Waals surface area (Å²) in [5.74, 6) is 0.426. The van der Waals surface area contributed by atoms with Gasteiger partial charge < -0.3 is 20.1 Å². The molecule has 0 unspecified atom stereocenters. The number of carbonyl (C=O) groups is 1. The average Bonchev–Trinajstić information content (AvgIpc) is 3.12. The van der Waals surface area contributed by atoms with E-state index in [-0.39, 0.29) is 36.3 Å². The molecule has 0 saturated heterocycles. The van der Waals surface area contributed by atoms with Crippen LogP contribution < -0.4 is 15.4 Å². The van der Waals surface area contributed by atoms with E-state index >= 15 is 0 Å². The molecule has 0 spiro atoms. The molecular weight excluding hydrogens is 469 g/mol. The topological polar surface area (TPSA) is 98.3 Å². The summed E-state index contributed by atoms with van der Waals surface area (Å²) in [4.78, 5) is 25.9. The van der Waals surface area contributed by atoms with Crippen molar-refractivity contribution < 1.29 is 18.7 Å². The van der Waals surface area contributed by atoms with E-state index in [1.54, 1.807) is 6.07 Å². The Morgan fingerprint density at radius 3 is 3.00 bits per heavy atom. The predicted octanol–water partition coefficient (Wildman–Crippen LogP) is 4.72. The quantitative estimate of drug-likeness (QED) is 0.300. The Hall–Kier alpha value is -3.08. The summed E-state index contributed by atoms with van der Waals surface area (Å²) in [5, 5.41) is 8.28. The molecule has 0 bridgehead atoms. The van der Waals surface area contributed by atoms with E-state index in [0.717, 1.165) is 21.2 Å². The third-order valence-corrected chi connectivity index (χ3v) is 6.48. The van der Waals surface area contributed by atoms with Crippen LogP contribution in [0.2, 0.25) is 5.28 Å². The molecule has 5 rings (SSSR count). The number of fused-ring (bicyclic) bond motifs is 5. The summed E-state index contributed by atoms with van der Waals surface area (Å²) < 4.78 is 24.5. The Morgan fingerprint density at radius 2 is 2.15 bits per heavy atom. The largest absolute Gasteiger partial charge is 0.420 e. The number of nitrogens with zero attached hydrogens (tertiary/aromatic N) is 3. The first-order valence-corrected chi connectivity index (χ1v) is 11.5. The lowest BCUT2D eigenvalue weighted by Gasteiger charge is -2.11. The minimum Gasteiger partial charge on any atom is -0.420 e. The molecule has 4 heterocycles. The van der Waals surface area contributed by atoms with Gasteiger partial charge in [0.25, 0.3) is 5.91 Å². The molecule has 0 fully saturated rings. The maximum atomic E-state index is 12.6. The molecule has 1 aliphatic heterocycles. The van der Waals surface area contributed by atoms with Crippen molar-refractivity contribution in [2.45, 2.75) is 19.6 Å². The Labute approximate surface area is 197 Å². The number of hydrogen-bond acceptors (Lipinski definition) is 8. The van der Waals surface area contributed by atoms with Gasteiger partial charge in [-0.25, -0.2) is 14.4 Å². The van der Waals surface area contributed by atoms with E-state index in [1.807, 2.05) is 25.1 Å². The first kappa shape index (κ1) is 21.7. The number of halogens is 2. The first-order chi connectivity index (χ1) is 16.0. The van der Waals surface area contributed by atoms with Crippen LogP contribution in [0.15, 0.2) is 30.5 Å². The first-order valence-electron chi connectivity index (χ1n) is 10.3. The second-order valence-corrected chi connectivity index (χ2v) is 8.92. The molecule has 11 heteroatoms. The lowest BCUT2D eigenvalue weighted by atomic mass is 10.1. The van der Waals surface area contributed by atoms with Gasteiger partial charge in [0, 0.05) is 40.3 Å². The Balaban J connectivity index is 1.52. The van der Waals surface area contributed by atoms with Crippen molar-refractivity contribution in [2.24, 2.45) is 0 Å². The summed E-state index contributed by atoms with van der Waals surface area (Å²) in [7, 11) is 0. The summed E-state index contributed by atoms with van der Waals surface area (Å²) in [6.45, 7) is 2.05. The molecule has 2 N–H and O–H groups in total. The maximum Gasteiger partial charge on any atom is 0.263 e. The zero-order valence-electron chi connectivity index (χ0n) is 17.5. The number of ether oxygens (including phenoxy) is 2. The second kappa shape index (κ2) is 9.05. The van der Waals surface area contributed by atoms with Crippen LogP contribution in [-0.2, 0) is 11.3 Å². The Bertz CT molecular complexity index is 1370. The Morgan fingerprint density at radius 1 is 1.27 bits per heavy atom. The highest BCUT2D eigenvalue weighted by atomic mass is 35.5. The van der Waals surface area contributed by atoms with Gasteiger partial charge in [-0.15, -0.1) is 11.3 Å². The van der Waals surface area contributed by atoms with E-state index in [4.69, 9.17) is 21.1 Å². The van der Waals surface area contributed by atoms with Crippen LogP contribution in [0.5, 0.6) is 11.8 Å². The molecule has 170 valence electrons. The number of amides is 1. The van der Waals surface area contributed by atoms with Crippen molar-refractivity contribution >= 4 is 55.5 Å². The molecule has 8 nitrogen and oxygen atoms in total. The normalized spacial score (nSPS) is 15.7. The minimum absolute atomic E-state index is 0.0151. The van der Waals surface area contributed by atoms with Crippen LogP contribution in [0.4, 0.5) is 10.1 Å². The molecule has 1 amide bonds. The molecular formula is C22H19ClFN5O3S. The van der Waals surface area contributed by atoms with Crippen molar-refractivity contribution in [1.29, 1.82) is 0 Å². The number of alkyl halides is 1. The van der Waals surface area contributed by atoms with Gasteiger partial charge in [0.05, 0.1) is 30.0 Å². The number of hydrogen-bond donors (Lipinski definition) is 2. The third-order valence-electron chi connectivity index (χ3n) is 5.14. The third kappa shape index (κ3) is 4.29. The predicted molar refractivity (Wildman–Crippen MR) is 125 cm³/mol. The molecule has 1 aliphatic rings.